The van der Waals surface area contributed by atoms with E-state index in [0.717, 1.165) is 0 Å². The van der Waals surface area contributed by atoms with Gasteiger partial charge in [-0.3, -0.25) is 4.79 Å². The van der Waals surface area contributed by atoms with Crippen LogP contribution in [0.3, 0.4) is 0 Å². The van der Waals surface area contributed by atoms with Crippen molar-refractivity contribution in [2.24, 2.45) is 5.41 Å². The summed E-state index contributed by atoms with van der Waals surface area (Å²) >= 11 is 0. The van der Waals surface area contributed by atoms with Crippen LogP contribution < -0.4 is 5.32 Å². The Hall–Kier alpha value is -0.680. The van der Waals surface area contributed by atoms with E-state index in [4.69, 9.17) is 4.74 Å². The van der Waals surface area contributed by atoms with Crippen LogP contribution in [0.4, 0.5) is 4.39 Å². The number of halogens is 1. The molecule has 0 bridgehead atoms. The van der Waals surface area contributed by atoms with Gasteiger partial charge in [-0.25, -0.2) is 4.39 Å². The normalized spacial score (nSPS) is 41.9. The van der Waals surface area contributed by atoms with Crippen LogP contribution in [-0.2, 0) is 14.3 Å². The fraction of sp³-hybridized carbons (Fsp3) is 0.889. The van der Waals surface area contributed by atoms with Crippen LogP contribution in [0.2, 0.25) is 0 Å². The Bertz CT molecular complexity index is 260. The number of methoxy groups -OCH3 is 1. The molecule has 0 aromatic rings. The maximum absolute atomic E-state index is 14.4. The first-order valence-corrected chi connectivity index (χ1v) is 4.70. The van der Waals surface area contributed by atoms with Crippen molar-refractivity contribution in [1.82, 2.24) is 5.32 Å². The number of rotatable bonds is 1. The lowest BCUT2D eigenvalue weighted by Gasteiger charge is -2.40. The summed E-state index contributed by atoms with van der Waals surface area (Å²) in [5.41, 5.74) is -2.63. The Morgan fingerprint density at radius 2 is 2.36 bits per heavy atom. The summed E-state index contributed by atoms with van der Waals surface area (Å²) in [7, 11) is 1.28. The maximum atomic E-state index is 14.4. The van der Waals surface area contributed by atoms with Crippen molar-refractivity contribution in [3.05, 3.63) is 0 Å². The molecule has 0 aliphatic carbocycles. The average molecular weight is 203 g/mol. The van der Waals surface area contributed by atoms with Crippen LogP contribution in [0.25, 0.3) is 0 Å². The van der Waals surface area contributed by atoms with Gasteiger partial charge in [0.15, 0.2) is 0 Å². The Labute approximate surface area is 81.8 Å². The highest BCUT2D eigenvalue weighted by atomic mass is 19.1. The molecule has 0 aromatic heterocycles. The summed E-state index contributed by atoms with van der Waals surface area (Å²) in [4.78, 5) is 11.6. The average Bonchev–Trinajstić information content (AvgIpc) is 2.55. The van der Waals surface area contributed by atoms with E-state index >= 15 is 0 Å². The summed E-state index contributed by atoms with van der Waals surface area (Å²) in [5.74, 6) is -0.510. The first kappa shape index (κ1) is 9.86. The van der Waals surface area contributed by atoms with E-state index in [0.29, 0.717) is 13.2 Å². The van der Waals surface area contributed by atoms with Crippen LogP contribution in [0.1, 0.15) is 6.42 Å². The van der Waals surface area contributed by atoms with Crippen molar-refractivity contribution >= 4 is 5.97 Å². The quantitative estimate of drug-likeness (QED) is 0.603. The van der Waals surface area contributed by atoms with Crippen molar-refractivity contribution < 1.29 is 18.7 Å². The molecule has 1 N–H and O–H groups in total. The molecule has 2 aliphatic heterocycles. The minimum Gasteiger partial charge on any atom is -0.468 e. The predicted octanol–water partition coefficient (Wildman–Crippen LogP) is -0.122. The Morgan fingerprint density at radius 3 is 3.07 bits per heavy atom. The summed E-state index contributed by atoms with van der Waals surface area (Å²) in [6.45, 7) is 1.00. The molecule has 2 fully saturated rings. The molecule has 80 valence electrons. The lowest BCUT2D eigenvalue weighted by Crippen LogP contribution is -2.56. The van der Waals surface area contributed by atoms with E-state index in [-0.39, 0.29) is 19.6 Å². The number of alkyl halides is 1. The summed E-state index contributed by atoms with van der Waals surface area (Å²) in [6.07, 6.45) is 0.259. The molecule has 14 heavy (non-hydrogen) atoms. The molecular formula is C9H14FNO3. The van der Waals surface area contributed by atoms with Gasteiger partial charge >= 0.3 is 5.97 Å². The number of carbonyl (C=O) groups is 1. The molecule has 0 amide bonds. The van der Waals surface area contributed by atoms with E-state index < -0.39 is 17.1 Å². The molecule has 0 unspecified atom stereocenters. The SMILES string of the molecule is COC(=O)[C@@]12CNC[C@]1(F)CCOC2. The number of fused-ring (bicyclic) bond motifs is 1. The van der Waals surface area contributed by atoms with Gasteiger partial charge in [-0.05, 0) is 0 Å². The third-order valence-electron chi connectivity index (χ3n) is 3.26. The van der Waals surface area contributed by atoms with Gasteiger partial charge in [0, 0.05) is 26.1 Å². The monoisotopic (exact) mass is 203 g/mol. The van der Waals surface area contributed by atoms with E-state index in [1.54, 1.807) is 0 Å². The molecular weight excluding hydrogens is 189 g/mol. The van der Waals surface area contributed by atoms with E-state index in [1.165, 1.54) is 7.11 Å². The molecule has 0 aromatic carbocycles. The van der Waals surface area contributed by atoms with Crippen molar-refractivity contribution in [2.45, 2.75) is 12.1 Å². The topological polar surface area (TPSA) is 47.6 Å². The van der Waals surface area contributed by atoms with E-state index in [2.05, 4.69) is 10.1 Å². The summed E-state index contributed by atoms with van der Waals surface area (Å²) < 4.78 is 24.3. The number of ether oxygens (including phenoxy) is 2. The van der Waals surface area contributed by atoms with Gasteiger partial charge in [0.2, 0.25) is 0 Å². The minimum atomic E-state index is -1.50. The number of carbonyl (C=O) groups excluding carboxylic acids is 1. The highest BCUT2D eigenvalue weighted by Gasteiger charge is 2.63. The van der Waals surface area contributed by atoms with Crippen LogP contribution in [0, 0.1) is 5.41 Å². The molecule has 2 atom stereocenters. The molecule has 2 rings (SSSR count). The van der Waals surface area contributed by atoms with Crippen molar-refractivity contribution in [2.75, 3.05) is 33.4 Å². The van der Waals surface area contributed by atoms with Gasteiger partial charge in [-0.15, -0.1) is 0 Å². The lowest BCUT2D eigenvalue weighted by atomic mass is 9.73. The first-order valence-electron chi connectivity index (χ1n) is 4.70. The van der Waals surface area contributed by atoms with Gasteiger partial charge in [-0.1, -0.05) is 0 Å². The predicted molar refractivity (Wildman–Crippen MR) is 46.6 cm³/mol. The Morgan fingerprint density at radius 1 is 1.57 bits per heavy atom. The number of esters is 1. The number of nitrogens with one attached hydrogen (secondary N) is 1. The highest BCUT2D eigenvalue weighted by Crippen LogP contribution is 2.45. The van der Waals surface area contributed by atoms with Crippen LogP contribution in [0.15, 0.2) is 0 Å². The van der Waals surface area contributed by atoms with Gasteiger partial charge < -0.3 is 14.8 Å². The van der Waals surface area contributed by atoms with Crippen LogP contribution in [-0.4, -0.2) is 45.1 Å². The van der Waals surface area contributed by atoms with E-state index in [9.17, 15) is 9.18 Å². The summed E-state index contributed by atoms with van der Waals surface area (Å²) in [6, 6.07) is 0. The minimum absolute atomic E-state index is 0.114. The third kappa shape index (κ3) is 1.09. The first-order chi connectivity index (χ1) is 6.65. The molecule has 2 saturated heterocycles. The van der Waals surface area contributed by atoms with Gasteiger partial charge in [-0.2, -0.15) is 0 Å². The molecule has 0 spiro atoms. The fourth-order valence-electron chi connectivity index (χ4n) is 2.30. The van der Waals surface area contributed by atoms with Crippen molar-refractivity contribution in [3.63, 3.8) is 0 Å². The maximum Gasteiger partial charge on any atom is 0.318 e. The standard InChI is InChI=1S/C9H14FNO3/c1-13-7(12)8-4-11-5-9(8,10)2-3-14-6-8/h11H,2-6H2,1H3/t8-,9+/m0/s1. The van der Waals surface area contributed by atoms with Gasteiger partial charge in [0.25, 0.3) is 0 Å². The van der Waals surface area contributed by atoms with Gasteiger partial charge in [0.1, 0.15) is 11.1 Å². The molecule has 0 saturated carbocycles. The second kappa shape index (κ2) is 3.17. The van der Waals surface area contributed by atoms with Crippen LogP contribution >= 0.6 is 0 Å². The number of hydrogen-bond acceptors (Lipinski definition) is 4. The molecule has 4 nitrogen and oxygen atoms in total. The fourth-order valence-corrected chi connectivity index (χ4v) is 2.30. The van der Waals surface area contributed by atoms with Crippen molar-refractivity contribution in [3.8, 4) is 0 Å². The van der Waals surface area contributed by atoms with Crippen LogP contribution in [0.5, 0.6) is 0 Å². The zero-order valence-electron chi connectivity index (χ0n) is 8.14. The second-order valence-corrected chi connectivity index (χ2v) is 3.95. The number of hydrogen-bond donors (Lipinski definition) is 1. The van der Waals surface area contributed by atoms with Crippen molar-refractivity contribution in [1.29, 1.82) is 0 Å². The zero-order valence-corrected chi connectivity index (χ0v) is 8.14. The summed E-state index contributed by atoms with van der Waals surface area (Å²) in [5, 5.41) is 2.90. The third-order valence-corrected chi connectivity index (χ3v) is 3.26. The van der Waals surface area contributed by atoms with E-state index in [1.807, 2.05) is 0 Å². The largest absolute Gasteiger partial charge is 0.468 e. The lowest BCUT2D eigenvalue weighted by molar-refractivity contribution is -0.175. The molecule has 2 heterocycles. The Kier molecular flexibility index (Phi) is 2.23. The smallest absolute Gasteiger partial charge is 0.318 e. The van der Waals surface area contributed by atoms with Gasteiger partial charge in [0.05, 0.1) is 13.7 Å². The zero-order chi connectivity index (χ0) is 10.2. The Balaban J connectivity index is 2.32. The molecule has 5 heteroatoms. The molecule has 2 aliphatic rings. The second-order valence-electron chi connectivity index (χ2n) is 3.95. The highest BCUT2D eigenvalue weighted by molar-refractivity contribution is 5.80. The molecule has 0 radical (unpaired) electrons.